The molecule has 1 aromatic rings. The normalized spacial score (nSPS) is 13.1. The van der Waals surface area contributed by atoms with Gasteiger partial charge in [0.05, 0.1) is 5.69 Å². The first-order valence-corrected chi connectivity index (χ1v) is 6.39. The van der Waals surface area contributed by atoms with Gasteiger partial charge in [0.2, 0.25) is 0 Å². The number of thioether (sulfide) groups is 1. The molecule has 15 heavy (non-hydrogen) atoms. The van der Waals surface area contributed by atoms with Gasteiger partial charge in [-0.25, -0.2) is 0 Å². The maximum absolute atomic E-state index is 8.79. The van der Waals surface area contributed by atoms with Crippen LogP contribution in [0.3, 0.4) is 0 Å². The number of aryl methyl sites for hydroxylation is 2. The first-order valence-electron chi connectivity index (χ1n) is 4.96. The first kappa shape index (κ1) is 12.9. The molecule has 5 heteroatoms. The Bertz CT molecular complexity index is 327. The van der Waals surface area contributed by atoms with E-state index in [1.165, 1.54) is 0 Å². The summed E-state index contributed by atoms with van der Waals surface area (Å²) < 4.78 is 1.70. The van der Waals surface area contributed by atoms with Crippen LogP contribution in [-0.2, 0) is 12.8 Å². The molecular formula is C10H17ClN2OS. The highest BCUT2D eigenvalue weighted by atomic mass is 35.5. The largest absolute Gasteiger partial charge is 0.396 e. The van der Waals surface area contributed by atoms with Gasteiger partial charge in [-0.15, -0.1) is 0 Å². The third kappa shape index (κ3) is 3.40. The quantitative estimate of drug-likeness (QED) is 0.870. The van der Waals surface area contributed by atoms with Crippen LogP contribution < -0.4 is 0 Å². The van der Waals surface area contributed by atoms with Crippen molar-refractivity contribution in [2.24, 2.45) is 7.05 Å². The van der Waals surface area contributed by atoms with Gasteiger partial charge in [-0.2, -0.15) is 16.9 Å². The molecule has 0 aromatic carbocycles. The van der Waals surface area contributed by atoms with E-state index in [9.17, 15) is 0 Å². The predicted molar refractivity (Wildman–Crippen MR) is 65.4 cm³/mol. The van der Waals surface area contributed by atoms with E-state index in [1.54, 1.807) is 16.4 Å². The van der Waals surface area contributed by atoms with Gasteiger partial charge < -0.3 is 5.11 Å². The molecule has 1 aromatic heterocycles. The molecule has 1 heterocycles. The Morgan fingerprint density at radius 3 is 2.73 bits per heavy atom. The second-order valence-corrected chi connectivity index (χ2v) is 5.40. The monoisotopic (exact) mass is 248 g/mol. The molecule has 0 aliphatic carbocycles. The van der Waals surface area contributed by atoms with Gasteiger partial charge in [-0.05, 0) is 13.3 Å². The van der Waals surface area contributed by atoms with Crippen molar-refractivity contribution in [3.63, 3.8) is 0 Å². The topological polar surface area (TPSA) is 38.0 Å². The van der Waals surface area contributed by atoms with Crippen LogP contribution in [0.15, 0.2) is 0 Å². The van der Waals surface area contributed by atoms with Crippen molar-refractivity contribution in [1.29, 1.82) is 0 Å². The number of hydrogen-bond donors (Lipinski definition) is 1. The van der Waals surface area contributed by atoms with E-state index in [2.05, 4.69) is 12.0 Å². The van der Waals surface area contributed by atoms with Crippen LogP contribution in [0.5, 0.6) is 0 Å². The van der Waals surface area contributed by atoms with Crippen molar-refractivity contribution in [3.8, 4) is 0 Å². The molecular weight excluding hydrogens is 232 g/mol. The summed E-state index contributed by atoms with van der Waals surface area (Å²) >= 11 is 7.91. The van der Waals surface area contributed by atoms with E-state index < -0.39 is 0 Å². The average molecular weight is 249 g/mol. The molecule has 1 unspecified atom stereocenters. The van der Waals surface area contributed by atoms with Gasteiger partial charge in [0.15, 0.2) is 0 Å². The summed E-state index contributed by atoms with van der Waals surface area (Å²) in [6.45, 7) is 4.33. The summed E-state index contributed by atoms with van der Waals surface area (Å²) in [4.78, 5) is 0. The molecule has 0 saturated carbocycles. The molecule has 0 spiro atoms. The third-order valence-corrected chi connectivity index (χ3v) is 4.05. The van der Waals surface area contributed by atoms with Crippen LogP contribution in [0, 0.1) is 6.92 Å². The maximum atomic E-state index is 8.79. The molecule has 1 N–H and O–H groups in total. The predicted octanol–water partition coefficient (Wildman–Crippen LogP) is 2.39. The van der Waals surface area contributed by atoms with E-state index in [0.717, 1.165) is 28.6 Å². The zero-order valence-electron chi connectivity index (χ0n) is 9.33. The van der Waals surface area contributed by atoms with E-state index >= 15 is 0 Å². The minimum atomic E-state index is 0.244. The van der Waals surface area contributed by atoms with E-state index in [0.29, 0.717) is 5.25 Å². The Labute approximate surface area is 99.8 Å². The Morgan fingerprint density at radius 2 is 2.27 bits per heavy atom. The standard InChI is InChI=1S/C10H17ClN2OS/c1-7(4-5-14)15-6-9-8(2)12-13(3)10(9)11/h7,14H,4-6H2,1-3H3. The molecule has 0 amide bonds. The lowest BCUT2D eigenvalue weighted by molar-refractivity contribution is 0.289. The number of aromatic nitrogens is 2. The van der Waals surface area contributed by atoms with Gasteiger partial charge in [0.1, 0.15) is 5.15 Å². The summed E-state index contributed by atoms with van der Waals surface area (Å²) in [5.41, 5.74) is 2.10. The second-order valence-electron chi connectivity index (χ2n) is 3.61. The van der Waals surface area contributed by atoms with Gasteiger partial charge >= 0.3 is 0 Å². The number of rotatable bonds is 5. The smallest absolute Gasteiger partial charge is 0.131 e. The summed E-state index contributed by atoms with van der Waals surface area (Å²) in [6.07, 6.45) is 0.821. The van der Waals surface area contributed by atoms with E-state index in [1.807, 2.05) is 14.0 Å². The molecule has 0 aliphatic rings. The molecule has 0 aliphatic heterocycles. The highest BCUT2D eigenvalue weighted by Crippen LogP contribution is 2.26. The van der Waals surface area contributed by atoms with E-state index in [-0.39, 0.29) is 6.61 Å². The summed E-state index contributed by atoms with van der Waals surface area (Å²) in [6, 6.07) is 0. The number of halogens is 1. The zero-order chi connectivity index (χ0) is 11.4. The van der Waals surface area contributed by atoms with Crippen molar-refractivity contribution < 1.29 is 5.11 Å². The Hall–Kier alpha value is -0.190. The van der Waals surface area contributed by atoms with Crippen LogP contribution in [-0.4, -0.2) is 26.7 Å². The van der Waals surface area contributed by atoms with E-state index in [4.69, 9.17) is 16.7 Å². The van der Waals surface area contributed by atoms with Crippen LogP contribution in [0.1, 0.15) is 24.6 Å². The molecule has 86 valence electrons. The Balaban J connectivity index is 2.57. The molecule has 0 bridgehead atoms. The fraction of sp³-hybridized carbons (Fsp3) is 0.700. The van der Waals surface area contributed by atoms with Gasteiger partial charge in [-0.3, -0.25) is 4.68 Å². The van der Waals surface area contributed by atoms with Crippen LogP contribution >= 0.6 is 23.4 Å². The van der Waals surface area contributed by atoms with Crippen molar-refractivity contribution in [3.05, 3.63) is 16.4 Å². The summed E-state index contributed by atoms with van der Waals surface area (Å²) in [5, 5.41) is 14.2. The first-order chi connectivity index (χ1) is 7.06. The number of aliphatic hydroxyl groups excluding tert-OH is 1. The van der Waals surface area contributed by atoms with Gasteiger partial charge in [-0.1, -0.05) is 18.5 Å². The van der Waals surface area contributed by atoms with Crippen LogP contribution in [0.2, 0.25) is 5.15 Å². The third-order valence-electron chi connectivity index (χ3n) is 2.32. The van der Waals surface area contributed by atoms with Crippen LogP contribution in [0.25, 0.3) is 0 Å². The molecule has 1 rings (SSSR count). The van der Waals surface area contributed by atoms with Crippen LogP contribution in [0.4, 0.5) is 0 Å². The number of aliphatic hydroxyl groups is 1. The minimum Gasteiger partial charge on any atom is -0.396 e. The lowest BCUT2D eigenvalue weighted by Gasteiger charge is -2.08. The highest BCUT2D eigenvalue weighted by molar-refractivity contribution is 7.99. The fourth-order valence-corrected chi connectivity index (χ4v) is 2.72. The number of nitrogens with zero attached hydrogens (tertiary/aromatic N) is 2. The van der Waals surface area contributed by atoms with Crippen molar-refractivity contribution in [2.45, 2.75) is 31.3 Å². The SMILES string of the molecule is Cc1nn(C)c(Cl)c1CSC(C)CCO. The summed E-state index contributed by atoms with van der Waals surface area (Å²) in [5.74, 6) is 0.861. The Morgan fingerprint density at radius 1 is 1.60 bits per heavy atom. The molecule has 3 nitrogen and oxygen atoms in total. The molecule has 0 radical (unpaired) electrons. The van der Waals surface area contributed by atoms with Crippen molar-refractivity contribution >= 4 is 23.4 Å². The Kier molecular flexibility index (Phi) is 4.96. The minimum absolute atomic E-state index is 0.244. The maximum Gasteiger partial charge on any atom is 0.131 e. The second kappa shape index (κ2) is 5.77. The van der Waals surface area contributed by atoms with Crippen molar-refractivity contribution in [2.75, 3.05) is 6.61 Å². The molecule has 0 saturated heterocycles. The zero-order valence-corrected chi connectivity index (χ0v) is 10.9. The lowest BCUT2D eigenvalue weighted by atomic mass is 10.3. The molecule has 0 fully saturated rings. The summed E-state index contributed by atoms with van der Waals surface area (Å²) in [7, 11) is 1.85. The lowest BCUT2D eigenvalue weighted by Crippen LogP contribution is -2.00. The van der Waals surface area contributed by atoms with Gasteiger partial charge in [0.25, 0.3) is 0 Å². The average Bonchev–Trinajstić information content (AvgIpc) is 2.40. The molecule has 1 atom stereocenters. The number of hydrogen-bond acceptors (Lipinski definition) is 3. The van der Waals surface area contributed by atoms with Gasteiger partial charge in [0, 0.05) is 30.2 Å². The highest BCUT2D eigenvalue weighted by Gasteiger charge is 2.12. The fourth-order valence-electron chi connectivity index (χ4n) is 1.33. The van der Waals surface area contributed by atoms with Crippen molar-refractivity contribution in [1.82, 2.24) is 9.78 Å².